The van der Waals surface area contributed by atoms with Crippen LogP contribution < -0.4 is 5.73 Å². The third kappa shape index (κ3) is 8.49. The number of hydrogen-bond donors (Lipinski definition) is 1. The van der Waals surface area contributed by atoms with Crippen LogP contribution in [-0.4, -0.2) is 42.9 Å². The lowest BCUT2D eigenvalue weighted by molar-refractivity contribution is -0.305. The maximum Gasteiger partial charge on any atom is 0.441 e. The van der Waals surface area contributed by atoms with Gasteiger partial charge in [-0.1, -0.05) is 12.1 Å². The lowest BCUT2D eigenvalue weighted by Crippen LogP contribution is -2.36. The lowest BCUT2D eigenvalue weighted by atomic mass is 10.2. The van der Waals surface area contributed by atoms with Gasteiger partial charge in [-0.15, -0.1) is 0 Å². The largest absolute Gasteiger partial charge is 0.441 e. The second-order valence-electron chi connectivity index (χ2n) is 5.99. The zero-order valence-electron chi connectivity index (χ0n) is 13.9. The second kappa shape index (κ2) is 9.44. The highest BCUT2D eigenvalue weighted by atomic mass is 19.1. The van der Waals surface area contributed by atoms with E-state index in [1.54, 1.807) is 32.9 Å². The minimum Gasteiger partial charge on any atom is -0.378 e. The van der Waals surface area contributed by atoms with Crippen LogP contribution in [0.5, 0.6) is 0 Å². The molecule has 6 nitrogen and oxygen atoms in total. The minimum atomic E-state index is -0.624. The smallest absolute Gasteiger partial charge is 0.378 e. The Morgan fingerprint density at radius 3 is 2.43 bits per heavy atom. The summed E-state index contributed by atoms with van der Waals surface area (Å²) in [5.41, 5.74) is 5.52. The Balaban J connectivity index is 2.63. The molecule has 1 rings (SSSR count). The van der Waals surface area contributed by atoms with Crippen molar-refractivity contribution < 1.29 is 23.7 Å². The molecule has 0 fully saturated rings. The third-order valence-electron chi connectivity index (χ3n) is 2.68. The zero-order chi connectivity index (χ0) is 17.3. The average molecular weight is 328 g/mol. The van der Waals surface area contributed by atoms with Gasteiger partial charge in [0.15, 0.2) is 0 Å². The van der Waals surface area contributed by atoms with Crippen LogP contribution in [0.2, 0.25) is 0 Å². The molecule has 0 saturated heterocycles. The number of carbonyl (C=O) groups excluding carboxylic acids is 1. The van der Waals surface area contributed by atoms with Crippen molar-refractivity contribution in [1.29, 1.82) is 0 Å². The van der Waals surface area contributed by atoms with Crippen molar-refractivity contribution in [3.8, 4) is 0 Å². The third-order valence-corrected chi connectivity index (χ3v) is 2.68. The van der Waals surface area contributed by atoms with Crippen LogP contribution >= 0.6 is 0 Å². The summed E-state index contributed by atoms with van der Waals surface area (Å²) in [6.45, 7) is 7.04. The number of rotatable bonds is 8. The predicted octanol–water partition coefficient (Wildman–Crippen LogP) is 2.47. The highest BCUT2D eigenvalue weighted by Crippen LogP contribution is 2.11. The Morgan fingerprint density at radius 1 is 1.22 bits per heavy atom. The van der Waals surface area contributed by atoms with Crippen molar-refractivity contribution in [1.82, 2.24) is 4.90 Å². The van der Waals surface area contributed by atoms with Gasteiger partial charge in [0, 0.05) is 19.6 Å². The number of benzene rings is 1. The van der Waals surface area contributed by atoms with E-state index in [2.05, 4.69) is 0 Å². The molecule has 130 valence electrons. The number of halogens is 1. The maximum absolute atomic E-state index is 13.0. The van der Waals surface area contributed by atoms with E-state index in [1.807, 2.05) is 0 Å². The van der Waals surface area contributed by atoms with Crippen molar-refractivity contribution in [3.63, 3.8) is 0 Å². The summed E-state index contributed by atoms with van der Waals surface area (Å²) < 4.78 is 18.3. The summed E-state index contributed by atoms with van der Waals surface area (Å²) >= 11 is 0. The van der Waals surface area contributed by atoms with E-state index in [-0.39, 0.29) is 12.4 Å². The Labute approximate surface area is 136 Å². The minimum absolute atomic E-state index is 0.263. The first-order valence-electron chi connectivity index (χ1n) is 7.48. The quantitative estimate of drug-likeness (QED) is 0.451. The Kier molecular flexibility index (Phi) is 7.94. The molecule has 0 unspecified atom stereocenters. The van der Waals surface area contributed by atoms with Crippen molar-refractivity contribution >= 4 is 6.09 Å². The molecule has 0 radical (unpaired) electrons. The van der Waals surface area contributed by atoms with Gasteiger partial charge in [-0.2, -0.15) is 4.89 Å². The van der Waals surface area contributed by atoms with Crippen LogP contribution in [-0.2, 0) is 21.1 Å². The van der Waals surface area contributed by atoms with Gasteiger partial charge in [0.25, 0.3) is 0 Å². The first-order chi connectivity index (χ1) is 10.8. The van der Waals surface area contributed by atoms with Gasteiger partial charge in [0.2, 0.25) is 0 Å². The predicted molar refractivity (Wildman–Crippen MR) is 84.0 cm³/mol. The monoisotopic (exact) mass is 328 g/mol. The van der Waals surface area contributed by atoms with Gasteiger partial charge in [0.05, 0.1) is 13.2 Å². The zero-order valence-corrected chi connectivity index (χ0v) is 13.9. The Morgan fingerprint density at radius 2 is 1.87 bits per heavy atom. The molecule has 7 heteroatoms. The highest BCUT2D eigenvalue weighted by molar-refractivity contribution is 5.67. The molecule has 0 aliphatic heterocycles. The topological polar surface area (TPSA) is 74.0 Å². The van der Waals surface area contributed by atoms with E-state index in [4.69, 9.17) is 20.2 Å². The van der Waals surface area contributed by atoms with Crippen LogP contribution in [0, 0.1) is 5.82 Å². The fourth-order valence-electron chi connectivity index (χ4n) is 1.62. The standard InChI is InChI=1S/C16H25FN2O4/c1-16(2,3)23-22-15(20)19(9-11-21-10-8-18)12-13-4-6-14(17)7-5-13/h4-7H,8-12,18H2,1-3H3. The molecule has 1 aromatic rings. The SMILES string of the molecule is CC(C)(C)OOC(=O)N(CCOCCN)Cc1ccc(F)cc1. The molecule has 0 spiro atoms. The maximum atomic E-state index is 13.0. The van der Waals surface area contributed by atoms with E-state index in [0.717, 1.165) is 5.56 Å². The van der Waals surface area contributed by atoms with Gasteiger partial charge in [0.1, 0.15) is 11.4 Å². The molecule has 0 atom stereocenters. The molecule has 0 saturated carbocycles. The van der Waals surface area contributed by atoms with Crippen molar-refractivity contribution in [3.05, 3.63) is 35.6 Å². The summed E-state index contributed by atoms with van der Waals surface area (Å²) in [5, 5.41) is 0. The van der Waals surface area contributed by atoms with E-state index in [1.165, 1.54) is 17.0 Å². The highest BCUT2D eigenvalue weighted by Gasteiger charge is 2.20. The van der Waals surface area contributed by atoms with Crippen molar-refractivity contribution in [2.75, 3.05) is 26.3 Å². The fourth-order valence-corrected chi connectivity index (χ4v) is 1.62. The summed E-state index contributed by atoms with van der Waals surface area (Å²) in [6.07, 6.45) is -0.624. The Bertz CT molecular complexity index is 474. The molecule has 1 aromatic carbocycles. The normalized spacial score (nSPS) is 11.3. The molecule has 1 amide bonds. The summed E-state index contributed by atoms with van der Waals surface area (Å²) in [7, 11) is 0. The van der Waals surface area contributed by atoms with E-state index < -0.39 is 11.7 Å². The van der Waals surface area contributed by atoms with Gasteiger partial charge < -0.3 is 10.5 Å². The van der Waals surface area contributed by atoms with Crippen LogP contribution in [0.25, 0.3) is 0 Å². The van der Waals surface area contributed by atoms with Crippen LogP contribution in [0.3, 0.4) is 0 Å². The number of hydrogen-bond acceptors (Lipinski definition) is 5. The molecular weight excluding hydrogens is 303 g/mol. The number of nitrogens with zero attached hydrogens (tertiary/aromatic N) is 1. The molecule has 0 aliphatic rings. The fraction of sp³-hybridized carbons (Fsp3) is 0.562. The molecular formula is C16H25FN2O4. The van der Waals surface area contributed by atoms with Crippen molar-refractivity contribution in [2.24, 2.45) is 5.73 Å². The number of ether oxygens (including phenoxy) is 1. The number of nitrogens with two attached hydrogens (primary N) is 1. The molecule has 0 aromatic heterocycles. The summed E-state index contributed by atoms with van der Waals surface area (Å²) in [5.74, 6) is -0.328. The molecule has 0 heterocycles. The van der Waals surface area contributed by atoms with Crippen LogP contribution in [0.15, 0.2) is 24.3 Å². The molecule has 0 bridgehead atoms. The molecule has 0 aliphatic carbocycles. The number of carbonyl (C=O) groups is 1. The van der Waals surface area contributed by atoms with Gasteiger partial charge in [-0.25, -0.2) is 9.18 Å². The van der Waals surface area contributed by atoms with Crippen molar-refractivity contribution in [2.45, 2.75) is 32.9 Å². The van der Waals surface area contributed by atoms with Gasteiger partial charge in [-0.3, -0.25) is 9.79 Å². The lowest BCUT2D eigenvalue weighted by Gasteiger charge is -2.24. The number of amides is 1. The Hall–Kier alpha value is -1.70. The summed E-state index contributed by atoms with van der Waals surface area (Å²) in [6, 6.07) is 5.91. The molecule has 2 N–H and O–H groups in total. The van der Waals surface area contributed by atoms with E-state index in [0.29, 0.717) is 26.3 Å². The first-order valence-corrected chi connectivity index (χ1v) is 7.48. The van der Waals surface area contributed by atoms with Gasteiger partial charge in [-0.05, 0) is 38.5 Å². The first kappa shape index (κ1) is 19.3. The van der Waals surface area contributed by atoms with Gasteiger partial charge >= 0.3 is 6.09 Å². The van der Waals surface area contributed by atoms with E-state index in [9.17, 15) is 9.18 Å². The second-order valence-corrected chi connectivity index (χ2v) is 5.99. The van der Waals surface area contributed by atoms with E-state index >= 15 is 0 Å². The molecule has 23 heavy (non-hydrogen) atoms. The average Bonchev–Trinajstić information content (AvgIpc) is 2.49. The van der Waals surface area contributed by atoms with Crippen LogP contribution in [0.1, 0.15) is 26.3 Å². The summed E-state index contributed by atoms with van der Waals surface area (Å²) in [4.78, 5) is 23.5. The van der Waals surface area contributed by atoms with Crippen LogP contribution in [0.4, 0.5) is 9.18 Å².